The summed E-state index contributed by atoms with van der Waals surface area (Å²) in [6.07, 6.45) is 1.09. The van der Waals surface area contributed by atoms with E-state index in [1.807, 2.05) is 5.32 Å². The van der Waals surface area contributed by atoms with E-state index in [0.29, 0.717) is 4.90 Å². The number of carbonyl (C=O) groups excluding carboxylic acids is 3. The first-order chi connectivity index (χ1) is 12.8. The lowest BCUT2D eigenvalue weighted by atomic mass is 10.1. The Morgan fingerprint density at radius 1 is 1.19 bits per heavy atom. The highest BCUT2D eigenvalue weighted by Gasteiger charge is 2.37. The summed E-state index contributed by atoms with van der Waals surface area (Å²) in [5, 5.41) is 12.4. The number of aromatic hydroxyl groups is 1. The molecule has 2 N–H and O–H groups in total. The first-order valence-corrected chi connectivity index (χ1v) is 7.93. The molecular weight excluding hydrogens is 379 g/mol. The first kappa shape index (κ1) is 18.4. The quantitative estimate of drug-likeness (QED) is 0.620. The molecule has 2 aromatic rings. The van der Waals surface area contributed by atoms with Crippen molar-refractivity contribution in [1.29, 1.82) is 0 Å². The van der Waals surface area contributed by atoms with Crippen LogP contribution in [0.1, 0.15) is 5.56 Å². The third-order valence-corrected chi connectivity index (χ3v) is 3.99. The number of phenols is 1. The van der Waals surface area contributed by atoms with E-state index in [9.17, 15) is 23.9 Å². The fraction of sp³-hybridized carbons (Fsp3) is 0.0556. The molecule has 1 heterocycles. The number of hydrogen-bond donors (Lipinski definition) is 2. The van der Waals surface area contributed by atoms with Crippen molar-refractivity contribution in [3.05, 3.63) is 58.4 Å². The highest BCUT2D eigenvalue weighted by Crippen LogP contribution is 2.35. The van der Waals surface area contributed by atoms with E-state index in [1.165, 1.54) is 31.4 Å². The number of halogens is 2. The van der Waals surface area contributed by atoms with Crippen molar-refractivity contribution >= 4 is 41.2 Å². The Balaban J connectivity index is 2.07. The van der Waals surface area contributed by atoms with Gasteiger partial charge in [-0.25, -0.2) is 14.1 Å². The molecule has 0 aliphatic carbocycles. The van der Waals surface area contributed by atoms with Gasteiger partial charge in [0, 0.05) is 16.7 Å². The third kappa shape index (κ3) is 3.47. The molecule has 1 fully saturated rings. The number of imide groups is 2. The lowest BCUT2D eigenvalue weighted by Gasteiger charge is -2.26. The number of nitrogens with zero attached hydrogens (tertiary/aromatic N) is 1. The van der Waals surface area contributed by atoms with Crippen molar-refractivity contribution in [2.75, 3.05) is 12.0 Å². The summed E-state index contributed by atoms with van der Waals surface area (Å²) < 4.78 is 18.1. The molecule has 2 aromatic carbocycles. The van der Waals surface area contributed by atoms with Crippen molar-refractivity contribution < 1.29 is 28.6 Å². The van der Waals surface area contributed by atoms with Gasteiger partial charge in [-0.3, -0.25) is 14.9 Å². The highest BCUT2D eigenvalue weighted by atomic mass is 35.5. The summed E-state index contributed by atoms with van der Waals surface area (Å²) in [5.41, 5.74) is -0.296. The van der Waals surface area contributed by atoms with Crippen LogP contribution >= 0.6 is 11.6 Å². The molecule has 4 amide bonds. The normalized spacial score (nSPS) is 15.9. The number of nitrogens with one attached hydrogen (secondary N) is 1. The second-order valence-electron chi connectivity index (χ2n) is 5.48. The first-order valence-electron chi connectivity index (χ1n) is 7.55. The molecule has 27 heavy (non-hydrogen) atoms. The number of barbiturate groups is 1. The molecule has 0 atom stereocenters. The van der Waals surface area contributed by atoms with Gasteiger partial charge in [-0.15, -0.1) is 0 Å². The van der Waals surface area contributed by atoms with Crippen LogP contribution in [-0.4, -0.2) is 30.1 Å². The van der Waals surface area contributed by atoms with Gasteiger partial charge in [-0.1, -0.05) is 11.6 Å². The van der Waals surface area contributed by atoms with E-state index in [1.54, 1.807) is 0 Å². The molecule has 9 heteroatoms. The summed E-state index contributed by atoms with van der Waals surface area (Å²) in [6, 6.07) is 6.30. The zero-order chi connectivity index (χ0) is 19.7. The number of amides is 4. The summed E-state index contributed by atoms with van der Waals surface area (Å²) >= 11 is 5.95. The molecule has 0 unspecified atom stereocenters. The van der Waals surface area contributed by atoms with Gasteiger partial charge >= 0.3 is 6.03 Å². The van der Waals surface area contributed by atoms with Crippen molar-refractivity contribution in [2.45, 2.75) is 0 Å². The number of urea groups is 1. The van der Waals surface area contributed by atoms with Gasteiger partial charge in [0.1, 0.15) is 11.4 Å². The fourth-order valence-corrected chi connectivity index (χ4v) is 2.71. The third-order valence-electron chi connectivity index (χ3n) is 3.78. The zero-order valence-corrected chi connectivity index (χ0v) is 14.6. The number of phenolic OH excluding ortho intramolecular Hbond substituents is 1. The predicted molar refractivity (Wildman–Crippen MR) is 95.1 cm³/mol. The number of methoxy groups -OCH3 is 1. The van der Waals surface area contributed by atoms with Crippen LogP contribution in [0.3, 0.4) is 0 Å². The highest BCUT2D eigenvalue weighted by molar-refractivity contribution is 6.39. The van der Waals surface area contributed by atoms with Crippen LogP contribution in [0.2, 0.25) is 5.02 Å². The molecule has 1 aliphatic rings. The second-order valence-corrected chi connectivity index (χ2v) is 5.92. The molecular formula is C18H12ClFN2O5. The molecule has 1 aliphatic heterocycles. The lowest BCUT2D eigenvalue weighted by Crippen LogP contribution is -2.54. The van der Waals surface area contributed by atoms with Crippen LogP contribution in [0.5, 0.6) is 11.5 Å². The Bertz CT molecular complexity index is 988. The smallest absolute Gasteiger partial charge is 0.335 e. The monoisotopic (exact) mass is 390 g/mol. The van der Waals surface area contributed by atoms with E-state index in [0.717, 1.165) is 18.2 Å². The summed E-state index contributed by atoms with van der Waals surface area (Å²) in [4.78, 5) is 37.6. The maximum Gasteiger partial charge on any atom is 0.335 e. The average molecular weight is 391 g/mol. The van der Waals surface area contributed by atoms with Crippen LogP contribution < -0.4 is 15.0 Å². The number of hydrogen-bond acceptors (Lipinski definition) is 5. The molecule has 0 radical (unpaired) electrons. The SMILES string of the molecule is COc1cc(Cl)cc(/C=C2\C(=O)NC(=O)N(c3ccc(F)cc3)C2=O)c1O. The largest absolute Gasteiger partial charge is 0.504 e. The van der Waals surface area contributed by atoms with Crippen LogP contribution in [0.25, 0.3) is 6.08 Å². The zero-order valence-electron chi connectivity index (χ0n) is 13.8. The van der Waals surface area contributed by atoms with Gasteiger partial charge in [0.2, 0.25) is 0 Å². The minimum atomic E-state index is -0.971. The Kier molecular flexibility index (Phi) is 4.83. The van der Waals surface area contributed by atoms with E-state index < -0.39 is 29.2 Å². The van der Waals surface area contributed by atoms with Crippen molar-refractivity contribution in [3.63, 3.8) is 0 Å². The molecule has 1 saturated heterocycles. The second kappa shape index (κ2) is 7.08. The van der Waals surface area contributed by atoms with Gasteiger partial charge in [0.05, 0.1) is 12.8 Å². The Hall–Kier alpha value is -3.39. The molecule has 7 nitrogen and oxygen atoms in total. The van der Waals surface area contributed by atoms with Gasteiger partial charge < -0.3 is 9.84 Å². The summed E-state index contributed by atoms with van der Waals surface area (Å²) in [7, 11) is 1.32. The van der Waals surface area contributed by atoms with Crippen LogP contribution in [0, 0.1) is 5.82 Å². The molecule has 3 rings (SSSR count). The maximum absolute atomic E-state index is 13.1. The van der Waals surface area contributed by atoms with E-state index >= 15 is 0 Å². The van der Waals surface area contributed by atoms with Crippen LogP contribution in [0.15, 0.2) is 42.0 Å². The van der Waals surface area contributed by atoms with Gasteiger partial charge in [-0.2, -0.15) is 0 Å². The number of carbonyl (C=O) groups is 3. The number of benzene rings is 2. The minimum Gasteiger partial charge on any atom is -0.504 e. The molecule has 138 valence electrons. The number of ether oxygens (including phenoxy) is 1. The molecule has 0 spiro atoms. The van der Waals surface area contributed by atoms with Crippen LogP contribution in [-0.2, 0) is 9.59 Å². The minimum absolute atomic E-state index is 0.0458. The van der Waals surface area contributed by atoms with Gasteiger partial charge in [0.25, 0.3) is 11.8 Å². The molecule has 0 bridgehead atoms. The molecule has 0 aromatic heterocycles. The summed E-state index contributed by atoms with van der Waals surface area (Å²) in [5.74, 6) is -2.72. The van der Waals surface area contributed by atoms with E-state index in [-0.39, 0.29) is 27.8 Å². The predicted octanol–water partition coefficient (Wildman–Crippen LogP) is 2.86. The number of anilines is 1. The Morgan fingerprint density at radius 3 is 2.48 bits per heavy atom. The summed E-state index contributed by atoms with van der Waals surface area (Å²) in [6.45, 7) is 0. The van der Waals surface area contributed by atoms with E-state index in [4.69, 9.17) is 16.3 Å². The van der Waals surface area contributed by atoms with Crippen LogP contribution in [0.4, 0.5) is 14.9 Å². The van der Waals surface area contributed by atoms with Crippen molar-refractivity contribution in [2.24, 2.45) is 0 Å². The average Bonchev–Trinajstić information content (AvgIpc) is 2.62. The van der Waals surface area contributed by atoms with Gasteiger partial charge in [-0.05, 0) is 36.4 Å². The topological polar surface area (TPSA) is 95.9 Å². The molecule has 0 saturated carbocycles. The van der Waals surface area contributed by atoms with E-state index in [2.05, 4.69) is 0 Å². The van der Waals surface area contributed by atoms with Gasteiger partial charge in [0.15, 0.2) is 11.5 Å². The standard InChI is InChI=1S/C18H12ClFN2O5/c1-27-14-8-10(19)6-9(15(14)23)7-13-16(24)21-18(26)22(17(13)25)12-4-2-11(20)3-5-12/h2-8,23H,1H3,(H,21,24,26)/b13-7+. The maximum atomic E-state index is 13.1. The lowest BCUT2D eigenvalue weighted by molar-refractivity contribution is -0.122. The Labute approximate surface area is 157 Å². The fourth-order valence-electron chi connectivity index (χ4n) is 2.50. The number of rotatable bonds is 3. The van der Waals surface area contributed by atoms with Crippen molar-refractivity contribution in [3.8, 4) is 11.5 Å². The Morgan fingerprint density at radius 2 is 1.85 bits per heavy atom. The van der Waals surface area contributed by atoms with Crippen molar-refractivity contribution in [1.82, 2.24) is 5.32 Å².